The Morgan fingerprint density at radius 1 is 0.889 bits per heavy atom. The Balaban J connectivity index is 2.09. The van der Waals surface area contributed by atoms with Gasteiger partial charge in [0, 0.05) is 5.70 Å². The van der Waals surface area contributed by atoms with Crippen molar-refractivity contribution in [2.24, 2.45) is 5.73 Å². The van der Waals surface area contributed by atoms with Crippen molar-refractivity contribution >= 4 is 12.2 Å². The number of benzene rings is 2. The third-order valence-electron chi connectivity index (χ3n) is 2.68. The standard InChI is InChI=1S/C17H17N/c1-14-7-9-15(10-8-14)11-12-17(18)13-16-5-3-2-4-6-16/h2-13H,18H2,1H3/b12-11+,17-13-. The van der Waals surface area contributed by atoms with E-state index in [1.165, 1.54) is 5.56 Å². The summed E-state index contributed by atoms with van der Waals surface area (Å²) in [6.07, 6.45) is 5.91. The van der Waals surface area contributed by atoms with E-state index in [1.807, 2.05) is 48.6 Å². The zero-order chi connectivity index (χ0) is 12.8. The van der Waals surface area contributed by atoms with Crippen LogP contribution in [0.25, 0.3) is 12.2 Å². The van der Waals surface area contributed by atoms with Crippen molar-refractivity contribution < 1.29 is 0 Å². The summed E-state index contributed by atoms with van der Waals surface area (Å²) >= 11 is 0. The molecule has 0 heterocycles. The minimum absolute atomic E-state index is 0.752. The first kappa shape index (κ1) is 12.2. The molecule has 0 amide bonds. The summed E-state index contributed by atoms with van der Waals surface area (Å²) < 4.78 is 0. The number of allylic oxidation sites excluding steroid dienone is 1. The Kier molecular flexibility index (Phi) is 3.98. The van der Waals surface area contributed by atoms with Gasteiger partial charge in [-0.25, -0.2) is 0 Å². The summed E-state index contributed by atoms with van der Waals surface area (Å²) in [5.41, 5.74) is 10.2. The molecular weight excluding hydrogens is 218 g/mol. The van der Waals surface area contributed by atoms with E-state index in [9.17, 15) is 0 Å². The highest BCUT2D eigenvalue weighted by Crippen LogP contribution is 2.08. The second-order valence-electron chi connectivity index (χ2n) is 4.30. The molecule has 2 aromatic carbocycles. The van der Waals surface area contributed by atoms with Gasteiger partial charge in [-0.3, -0.25) is 0 Å². The third-order valence-corrected chi connectivity index (χ3v) is 2.68. The molecule has 0 aliphatic carbocycles. The molecule has 0 fully saturated rings. The fourth-order valence-corrected chi connectivity index (χ4v) is 1.66. The van der Waals surface area contributed by atoms with Crippen molar-refractivity contribution in [3.8, 4) is 0 Å². The molecule has 0 unspecified atom stereocenters. The highest BCUT2D eigenvalue weighted by Gasteiger charge is 1.89. The Labute approximate surface area is 108 Å². The van der Waals surface area contributed by atoms with Gasteiger partial charge in [-0.05, 0) is 30.2 Å². The fourth-order valence-electron chi connectivity index (χ4n) is 1.66. The number of aryl methyl sites for hydroxylation is 1. The molecule has 0 atom stereocenters. The van der Waals surface area contributed by atoms with Crippen molar-refractivity contribution in [2.45, 2.75) is 6.92 Å². The van der Waals surface area contributed by atoms with E-state index < -0.39 is 0 Å². The first-order valence-electron chi connectivity index (χ1n) is 6.01. The smallest absolute Gasteiger partial charge is 0.0320 e. The Morgan fingerprint density at radius 2 is 1.56 bits per heavy atom. The van der Waals surface area contributed by atoms with Crippen LogP contribution in [0.1, 0.15) is 16.7 Å². The summed E-state index contributed by atoms with van der Waals surface area (Å²) in [6.45, 7) is 2.08. The van der Waals surface area contributed by atoms with Crippen LogP contribution >= 0.6 is 0 Å². The molecule has 0 radical (unpaired) electrons. The molecule has 0 spiro atoms. The summed E-state index contributed by atoms with van der Waals surface area (Å²) in [5.74, 6) is 0. The molecule has 1 heteroatoms. The number of nitrogens with two attached hydrogens (primary N) is 1. The van der Waals surface area contributed by atoms with Crippen LogP contribution in [0.3, 0.4) is 0 Å². The molecule has 2 N–H and O–H groups in total. The normalized spacial score (nSPS) is 11.9. The molecule has 0 aliphatic rings. The molecule has 0 bridgehead atoms. The summed E-state index contributed by atoms with van der Waals surface area (Å²) in [6, 6.07) is 18.4. The predicted molar refractivity (Wildman–Crippen MR) is 78.8 cm³/mol. The van der Waals surface area contributed by atoms with E-state index in [0.717, 1.165) is 16.8 Å². The molecule has 0 aliphatic heterocycles. The molecule has 18 heavy (non-hydrogen) atoms. The van der Waals surface area contributed by atoms with Gasteiger partial charge in [0.15, 0.2) is 0 Å². The Morgan fingerprint density at radius 3 is 2.22 bits per heavy atom. The lowest BCUT2D eigenvalue weighted by Gasteiger charge is -1.97. The van der Waals surface area contributed by atoms with E-state index in [2.05, 4.69) is 31.2 Å². The molecule has 1 nitrogen and oxygen atoms in total. The van der Waals surface area contributed by atoms with Gasteiger partial charge in [0.2, 0.25) is 0 Å². The van der Waals surface area contributed by atoms with Crippen LogP contribution in [0.5, 0.6) is 0 Å². The second-order valence-corrected chi connectivity index (χ2v) is 4.30. The van der Waals surface area contributed by atoms with Gasteiger partial charge in [-0.2, -0.15) is 0 Å². The third kappa shape index (κ3) is 3.63. The monoisotopic (exact) mass is 235 g/mol. The van der Waals surface area contributed by atoms with Crippen LogP contribution in [0, 0.1) is 6.92 Å². The van der Waals surface area contributed by atoms with Gasteiger partial charge in [-0.1, -0.05) is 66.2 Å². The van der Waals surface area contributed by atoms with Crippen LogP contribution < -0.4 is 5.73 Å². The van der Waals surface area contributed by atoms with Crippen molar-refractivity contribution in [3.63, 3.8) is 0 Å². The van der Waals surface area contributed by atoms with Crippen LogP contribution in [0.15, 0.2) is 66.4 Å². The predicted octanol–water partition coefficient (Wildman–Crippen LogP) is 4.01. The maximum Gasteiger partial charge on any atom is 0.0320 e. The Hall–Kier alpha value is -2.28. The molecule has 2 aromatic rings. The molecule has 90 valence electrons. The van der Waals surface area contributed by atoms with Gasteiger partial charge < -0.3 is 5.73 Å². The molecule has 0 aromatic heterocycles. The van der Waals surface area contributed by atoms with E-state index in [1.54, 1.807) is 0 Å². The van der Waals surface area contributed by atoms with E-state index in [0.29, 0.717) is 0 Å². The summed E-state index contributed by atoms with van der Waals surface area (Å²) in [5, 5.41) is 0. The van der Waals surface area contributed by atoms with Gasteiger partial charge in [0.25, 0.3) is 0 Å². The second kappa shape index (κ2) is 5.87. The van der Waals surface area contributed by atoms with Crippen molar-refractivity contribution in [1.29, 1.82) is 0 Å². The largest absolute Gasteiger partial charge is 0.399 e. The quantitative estimate of drug-likeness (QED) is 0.799. The number of hydrogen-bond acceptors (Lipinski definition) is 1. The number of rotatable bonds is 3. The van der Waals surface area contributed by atoms with Gasteiger partial charge in [0.05, 0.1) is 0 Å². The summed E-state index contributed by atoms with van der Waals surface area (Å²) in [7, 11) is 0. The van der Waals surface area contributed by atoms with E-state index in [-0.39, 0.29) is 0 Å². The lowest BCUT2D eigenvalue weighted by atomic mass is 10.1. The van der Waals surface area contributed by atoms with Crippen LogP contribution in [0.2, 0.25) is 0 Å². The van der Waals surface area contributed by atoms with Gasteiger partial charge in [0.1, 0.15) is 0 Å². The van der Waals surface area contributed by atoms with E-state index >= 15 is 0 Å². The SMILES string of the molecule is Cc1ccc(/C=C/C(N)=C/c2ccccc2)cc1. The molecule has 2 rings (SSSR count). The summed E-state index contributed by atoms with van der Waals surface area (Å²) in [4.78, 5) is 0. The first-order chi connectivity index (χ1) is 8.74. The minimum atomic E-state index is 0.752. The highest BCUT2D eigenvalue weighted by atomic mass is 14.5. The average Bonchev–Trinajstić information content (AvgIpc) is 2.39. The first-order valence-corrected chi connectivity index (χ1v) is 6.01. The zero-order valence-corrected chi connectivity index (χ0v) is 10.5. The topological polar surface area (TPSA) is 26.0 Å². The lowest BCUT2D eigenvalue weighted by molar-refractivity contribution is 1.44. The maximum atomic E-state index is 5.96. The zero-order valence-electron chi connectivity index (χ0n) is 10.5. The average molecular weight is 235 g/mol. The highest BCUT2D eigenvalue weighted by molar-refractivity contribution is 5.60. The molecule has 0 saturated carbocycles. The van der Waals surface area contributed by atoms with Crippen molar-refractivity contribution in [3.05, 3.63) is 83.1 Å². The van der Waals surface area contributed by atoms with Gasteiger partial charge >= 0.3 is 0 Å². The van der Waals surface area contributed by atoms with Crippen molar-refractivity contribution in [2.75, 3.05) is 0 Å². The maximum absolute atomic E-state index is 5.96. The number of hydrogen-bond donors (Lipinski definition) is 1. The van der Waals surface area contributed by atoms with Gasteiger partial charge in [-0.15, -0.1) is 0 Å². The van der Waals surface area contributed by atoms with E-state index in [4.69, 9.17) is 5.73 Å². The minimum Gasteiger partial charge on any atom is -0.399 e. The van der Waals surface area contributed by atoms with Crippen LogP contribution in [-0.4, -0.2) is 0 Å². The van der Waals surface area contributed by atoms with Crippen LogP contribution in [-0.2, 0) is 0 Å². The molecule has 0 saturated heterocycles. The van der Waals surface area contributed by atoms with Crippen molar-refractivity contribution in [1.82, 2.24) is 0 Å². The Bertz CT molecular complexity index is 548. The molecular formula is C17H17N. The fraction of sp³-hybridized carbons (Fsp3) is 0.0588. The lowest BCUT2D eigenvalue weighted by Crippen LogP contribution is -1.92. The van der Waals surface area contributed by atoms with Crippen LogP contribution in [0.4, 0.5) is 0 Å².